The van der Waals surface area contributed by atoms with Gasteiger partial charge in [-0.15, -0.1) is 0 Å². The molecule has 0 saturated carbocycles. The molecule has 0 radical (unpaired) electrons. The highest BCUT2D eigenvalue weighted by Gasteiger charge is 2.20. The first kappa shape index (κ1) is 10.6. The van der Waals surface area contributed by atoms with E-state index in [1.165, 1.54) is 16.6 Å². The van der Waals surface area contributed by atoms with Gasteiger partial charge in [0.15, 0.2) is 0 Å². The zero-order valence-corrected chi connectivity index (χ0v) is 10.2. The van der Waals surface area contributed by atoms with Gasteiger partial charge in [0.1, 0.15) is 0 Å². The first-order valence-corrected chi connectivity index (χ1v) is 6.25. The van der Waals surface area contributed by atoms with E-state index in [-0.39, 0.29) is 6.04 Å². The van der Waals surface area contributed by atoms with Crippen LogP contribution in [0.15, 0.2) is 35.3 Å². The van der Waals surface area contributed by atoms with Gasteiger partial charge in [-0.2, -0.15) is 0 Å². The van der Waals surface area contributed by atoms with Gasteiger partial charge < -0.3 is 0 Å². The average Bonchev–Trinajstić information content (AvgIpc) is 2.37. The van der Waals surface area contributed by atoms with Crippen molar-refractivity contribution in [2.75, 3.05) is 0 Å². The summed E-state index contributed by atoms with van der Waals surface area (Å²) in [6.07, 6.45) is 3.23. The molecule has 17 heavy (non-hydrogen) atoms. The van der Waals surface area contributed by atoms with Crippen LogP contribution in [-0.4, -0.2) is 10.1 Å². The van der Waals surface area contributed by atoms with Crippen LogP contribution in [0.4, 0.5) is 0 Å². The number of hydrogen-bond acceptors (Lipinski definition) is 3. The summed E-state index contributed by atoms with van der Waals surface area (Å²) in [5, 5.41) is 3.69. The average molecular weight is 240 g/mol. The van der Waals surface area contributed by atoms with Crippen molar-refractivity contribution < 1.29 is 0 Å². The minimum Gasteiger partial charge on any atom is -0.252 e. The molecule has 2 nitrogen and oxygen atoms in total. The summed E-state index contributed by atoms with van der Waals surface area (Å²) in [6.45, 7) is 0. The molecule has 0 amide bonds. The van der Waals surface area contributed by atoms with E-state index in [1.807, 2.05) is 12.1 Å². The number of thiocarbonyl (C=S) groups is 1. The number of isothiocyanates is 1. The van der Waals surface area contributed by atoms with Crippen LogP contribution >= 0.6 is 12.2 Å². The highest BCUT2D eigenvalue weighted by atomic mass is 32.1. The summed E-state index contributed by atoms with van der Waals surface area (Å²) in [4.78, 5) is 8.98. The van der Waals surface area contributed by atoms with Gasteiger partial charge in [-0.05, 0) is 49.2 Å². The quantitative estimate of drug-likeness (QED) is 0.560. The molecule has 1 aliphatic rings. The van der Waals surface area contributed by atoms with Crippen LogP contribution in [0.5, 0.6) is 0 Å². The van der Waals surface area contributed by atoms with Gasteiger partial charge in [-0.1, -0.05) is 18.2 Å². The first-order chi connectivity index (χ1) is 8.38. The Morgan fingerprint density at radius 2 is 2.24 bits per heavy atom. The van der Waals surface area contributed by atoms with E-state index >= 15 is 0 Å². The molecule has 1 unspecified atom stereocenters. The molecule has 2 aromatic rings. The largest absolute Gasteiger partial charge is 0.252 e. The van der Waals surface area contributed by atoms with Crippen LogP contribution in [0.3, 0.4) is 0 Å². The van der Waals surface area contributed by atoms with Crippen LogP contribution < -0.4 is 0 Å². The predicted molar refractivity (Wildman–Crippen MR) is 72.4 cm³/mol. The Kier molecular flexibility index (Phi) is 2.71. The van der Waals surface area contributed by atoms with Gasteiger partial charge in [0.2, 0.25) is 0 Å². The van der Waals surface area contributed by atoms with Crippen LogP contribution in [0.2, 0.25) is 0 Å². The molecule has 0 bridgehead atoms. The minimum absolute atomic E-state index is 0.161. The van der Waals surface area contributed by atoms with E-state index in [4.69, 9.17) is 17.2 Å². The van der Waals surface area contributed by atoms with Crippen molar-refractivity contribution in [1.29, 1.82) is 0 Å². The summed E-state index contributed by atoms with van der Waals surface area (Å²) >= 11 is 4.72. The summed E-state index contributed by atoms with van der Waals surface area (Å²) in [5.41, 5.74) is 3.47. The zero-order valence-electron chi connectivity index (χ0n) is 9.39. The second-order valence-corrected chi connectivity index (χ2v) is 4.53. The zero-order chi connectivity index (χ0) is 11.7. The molecular formula is C14H12N2S. The number of rotatable bonds is 1. The first-order valence-electron chi connectivity index (χ1n) is 5.84. The fraction of sp³-hybridized carbons (Fsp3) is 0.286. The van der Waals surface area contributed by atoms with E-state index in [2.05, 4.69) is 28.4 Å². The van der Waals surface area contributed by atoms with Crippen molar-refractivity contribution in [3.05, 3.63) is 41.6 Å². The van der Waals surface area contributed by atoms with E-state index in [9.17, 15) is 0 Å². The molecule has 84 valence electrons. The minimum atomic E-state index is 0.161. The predicted octanol–water partition coefficient (Wildman–Crippen LogP) is 3.72. The maximum absolute atomic E-state index is 4.73. The standard InChI is InChI=1S/C14H12N2S/c17-9-15-13-6-3-7-14-11(13)8-10-4-1-2-5-12(10)16-14/h1-2,4-5,8,13H,3,6-7H2. The van der Waals surface area contributed by atoms with Gasteiger partial charge in [0.05, 0.1) is 16.7 Å². The number of nitrogens with zero attached hydrogens (tertiary/aromatic N) is 2. The van der Waals surface area contributed by atoms with E-state index in [1.54, 1.807) is 0 Å². The Morgan fingerprint density at radius 1 is 1.35 bits per heavy atom. The lowest BCUT2D eigenvalue weighted by molar-refractivity contribution is 0.567. The van der Waals surface area contributed by atoms with Crippen molar-refractivity contribution in [2.24, 2.45) is 4.99 Å². The second kappa shape index (κ2) is 4.36. The summed E-state index contributed by atoms with van der Waals surface area (Å²) in [6, 6.07) is 10.6. The molecule has 0 saturated heterocycles. The normalized spacial score (nSPS) is 18.5. The highest BCUT2D eigenvalue weighted by molar-refractivity contribution is 7.78. The molecule has 0 fully saturated rings. The molecule has 1 aromatic heterocycles. The van der Waals surface area contributed by atoms with Crippen molar-refractivity contribution in [1.82, 2.24) is 4.98 Å². The number of fused-ring (bicyclic) bond motifs is 2. The van der Waals surface area contributed by atoms with Gasteiger partial charge in [0, 0.05) is 11.1 Å². The van der Waals surface area contributed by atoms with Gasteiger partial charge >= 0.3 is 0 Å². The molecule has 0 aliphatic heterocycles. The lowest BCUT2D eigenvalue weighted by atomic mass is 9.90. The SMILES string of the molecule is S=C=NC1CCCc2nc3ccccc3cc21. The molecule has 1 aromatic carbocycles. The molecular weight excluding hydrogens is 228 g/mol. The van der Waals surface area contributed by atoms with E-state index in [0.717, 1.165) is 24.8 Å². The van der Waals surface area contributed by atoms with Gasteiger partial charge in [0.25, 0.3) is 0 Å². The maximum atomic E-state index is 4.73. The second-order valence-electron chi connectivity index (χ2n) is 4.35. The highest BCUT2D eigenvalue weighted by Crippen LogP contribution is 2.33. The van der Waals surface area contributed by atoms with E-state index in [0.29, 0.717) is 0 Å². The number of aromatic nitrogens is 1. The number of benzene rings is 1. The maximum Gasteiger partial charge on any atom is 0.0870 e. The fourth-order valence-electron chi connectivity index (χ4n) is 2.48. The van der Waals surface area contributed by atoms with Crippen molar-refractivity contribution in [3.8, 4) is 0 Å². The van der Waals surface area contributed by atoms with Crippen molar-refractivity contribution in [2.45, 2.75) is 25.3 Å². The number of para-hydroxylation sites is 1. The smallest absolute Gasteiger partial charge is 0.0870 e. The van der Waals surface area contributed by atoms with Gasteiger partial charge in [-0.3, -0.25) is 4.98 Å². The molecule has 1 heterocycles. The summed E-state index contributed by atoms with van der Waals surface area (Å²) in [7, 11) is 0. The topological polar surface area (TPSA) is 25.2 Å². The van der Waals surface area contributed by atoms with Crippen LogP contribution in [-0.2, 0) is 6.42 Å². The third-order valence-electron chi connectivity index (χ3n) is 3.30. The summed E-state index contributed by atoms with van der Waals surface area (Å²) < 4.78 is 0. The van der Waals surface area contributed by atoms with Gasteiger partial charge in [-0.25, -0.2) is 4.99 Å². The Bertz CT molecular complexity index is 615. The third kappa shape index (κ3) is 1.88. The van der Waals surface area contributed by atoms with Crippen LogP contribution in [0, 0.1) is 0 Å². The molecule has 0 spiro atoms. The monoisotopic (exact) mass is 240 g/mol. The Balaban J connectivity index is 2.22. The lowest BCUT2D eigenvalue weighted by Gasteiger charge is -2.21. The molecule has 1 aliphatic carbocycles. The van der Waals surface area contributed by atoms with Crippen LogP contribution in [0.25, 0.3) is 10.9 Å². The summed E-state index contributed by atoms with van der Waals surface area (Å²) in [5.74, 6) is 0. The molecule has 3 heteroatoms. The van der Waals surface area contributed by atoms with E-state index < -0.39 is 0 Å². The third-order valence-corrected chi connectivity index (χ3v) is 3.40. The fourth-order valence-corrected chi connectivity index (χ4v) is 2.60. The van der Waals surface area contributed by atoms with Crippen molar-refractivity contribution >= 4 is 28.3 Å². The molecule has 1 atom stereocenters. The van der Waals surface area contributed by atoms with Crippen LogP contribution in [0.1, 0.15) is 30.1 Å². The number of aryl methyl sites for hydroxylation is 1. The van der Waals surface area contributed by atoms with Crippen molar-refractivity contribution in [3.63, 3.8) is 0 Å². The number of aliphatic imine (C=N–C) groups is 1. The Hall–Kier alpha value is -1.57. The molecule has 0 N–H and O–H groups in total. The Morgan fingerprint density at radius 3 is 3.12 bits per heavy atom. The Labute approximate surface area is 105 Å². The lowest BCUT2D eigenvalue weighted by Crippen LogP contribution is -2.10. The number of pyridine rings is 1. The molecule has 3 rings (SSSR count). The number of hydrogen-bond donors (Lipinski definition) is 0.